The van der Waals surface area contributed by atoms with Crippen LogP contribution in [0.3, 0.4) is 0 Å². The van der Waals surface area contributed by atoms with Crippen molar-refractivity contribution in [2.75, 3.05) is 13.1 Å². The summed E-state index contributed by atoms with van der Waals surface area (Å²) in [6.45, 7) is 1.53. The molecule has 20 heavy (non-hydrogen) atoms. The molecular formula is C15H26N2O3. The van der Waals surface area contributed by atoms with Crippen LogP contribution in [0.4, 0.5) is 4.79 Å². The third kappa shape index (κ3) is 4.69. The molecule has 2 fully saturated rings. The number of carbonyl (C=O) groups excluding carboxylic acids is 1. The molecule has 1 heterocycles. The van der Waals surface area contributed by atoms with Crippen molar-refractivity contribution in [2.24, 2.45) is 5.92 Å². The Kier molecular flexibility index (Phi) is 5.68. The van der Waals surface area contributed by atoms with Crippen molar-refractivity contribution in [3.8, 4) is 0 Å². The molecule has 0 aromatic carbocycles. The van der Waals surface area contributed by atoms with Crippen LogP contribution >= 0.6 is 0 Å². The van der Waals surface area contributed by atoms with Gasteiger partial charge in [0.25, 0.3) is 0 Å². The van der Waals surface area contributed by atoms with Gasteiger partial charge in [-0.15, -0.1) is 0 Å². The van der Waals surface area contributed by atoms with Crippen molar-refractivity contribution >= 4 is 12.0 Å². The third-order valence-corrected chi connectivity index (χ3v) is 4.60. The van der Waals surface area contributed by atoms with Gasteiger partial charge < -0.3 is 15.3 Å². The highest BCUT2D eigenvalue weighted by Gasteiger charge is 2.25. The summed E-state index contributed by atoms with van der Waals surface area (Å²) in [5.41, 5.74) is 0. The van der Waals surface area contributed by atoms with Gasteiger partial charge in [-0.25, -0.2) is 4.79 Å². The Balaban J connectivity index is 1.67. The van der Waals surface area contributed by atoms with Crippen molar-refractivity contribution in [1.82, 2.24) is 10.2 Å². The van der Waals surface area contributed by atoms with Crippen molar-refractivity contribution in [2.45, 2.75) is 63.8 Å². The van der Waals surface area contributed by atoms with Crippen LogP contribution in [0.15, 0.2) is 0 Å². The van der Waals surface area contributed by atoms with Gasteiger partial charge in [0.15, 0.2) is 0 Å². The lowest BCUT2D eigenvalue weighted by Crippen LogP contribution is -2.48. The molecule has 0 aromatic heterocycles. The Morgan fingerprint density at radius 3 is 2.30 bits per heavy atom. The number of rotatable bonds is 4. The fourth-order valence-corrected chi connectivity index (χ4v) is 3.27. The van der Waals surface area contributed by atoms with Crippen LogP contribution < -0.4 is 5.32 Å². The molecule has 0 bridgehead atoms. The first-order valence-corrected chi connectivity index (χ1v) is 7.92. The molecule has 2 amide bonds. The molecule has 0 radical (unpaired) electrons. The highest BCUT2D eigenvalue weighted by Crippen LogP contribution is 2.22. The molecule has 1 saturated carbocycles. The van der Waals surface area contributed by atoms with Crippen LogP contribution in [0.5, 0.6) is 0 Å². The first kappa shape index (κ1) is 15.1. The maximum absolute atomic E-state index is 12.2. The summed E-state index contributed by atoms with van der Waals surface area (Å²) in [6.07, 6.45) is 8.83. The number of nitrogens with zero attached hydrogens (tertiary/aromatic N) is 1. The number of piperidine rings is 1. The first-order chi connectivity index (χ1) is 9.65. The minimum atomic E-state index is -0.720. The van der Waals surface area contributed by atoms with Gasteiger partial charge in [0.05, 0.1) is 0 Å². The van der Waals surface area contributed by atoms with Crippen LogP contribution in [0.25, 0.3) is 0 Å². The van der Waals surface area contributed by atoms with E-state index in [9.17, 15) is 9.59 Å². The minimum Gasteiger partial charge on any atom is -0.481 e. The molecule has 0 unspecified atom stereocenters. The van der Waals surface area contributed by atoms with Gasteiger partial charge >= 0.3 is 12.0 Å². The summed E-state index contributed by atoms with van der Waals surface area (Å²) >= 11 is 0. The molecule has 2 aliphatic rings. The Bertz CT molecular complexity index is 332. The molecule has 0 spiro atoms. The fraction of sp³-hybridized carbons (Fsp3) is 0.867. The Labute approximate surface area is 120 Å². The lowest BCUT2D eigenvalue weighted by Gasteiger charge is -2.33. The van der Waals surface area contributed by atoms with Crippen molar-refractivity contribution < 1.29 is 14.7 Å². The number of hydrogen-bond acceptors (Lipinski definition) is 2. The Hall–Kier alpha value is -1.26. The lowest BCUT2D eigenvalue weighted by atomic mass is 9.92. The van der Waals surface area contributed by atoms with Crippen LogP contribution in [-0.4, -0.2) is 41.1 Å². The maximum Gasteiger partial charge on any atom is 0.317 e. The van der Waals surface area contributed by atoms with Crippen molar-refractivity contribution in [3.05, 3.63) is 0 Å². The average molecular weight is 282 g/mol. The molecule has 5 heteroatoms. The standard InChI is InChI=1S/C15H26N2O3/c18-14(19)7-6-12-8-10-17(11-9-12)15(20)16-13-4-2-1-3-5-13/h12-13H,1-11H2,(H,16,20)(H,18,19). The highest BCUT2D eigenvalue weighted by molar-refractivity contribution is 5.74. The molecule has 1 aliphatic heterocycles. The largest absolute Gasteiger partial charge is 0.481 e. The quantitative estimate of drug-likeness (QED) is 0.832. The number of carboxylic acids is 1. The zero-order valence-electron chi connectivity index (χ0n) is 12.1. The van der Waals surface area contributed by atoms with Crippen molar-refractivity contribution in [1.29, 1.82) is 0 Å². The van der Waals surface area contributed by atoms with Gasteiger partial charge in [-0.05, 0) is 38.0 Å². The Morgan fingerprint density at radius 1 is 1.05 bits per heavy atom. The van der Waals surface area contributed by atoms with Crippen LogP contribution in [0.1, 0.15) is 57.8 Å². The third-order valence-electron chi connectivity index (χ3n) is 4.60. The maximum atomic E-state index is 12.2. The van der Waals surface area contributed by atoms with Crippen LogP contribution in [0.2, 0.25) is 0 Å². The van der Waals surface area contributed by atoms with E-state index in [4.69, 9.17) is 5.11 Å². The van der Waals surface area contributed by atoms with Gasteiger partial charge in [0.1, 0.15) is 0 Å². The SMILES string of the molecule is O=C(O)CCC1CCN(C(=O)NC2CCCCC2)CC1. The summed E-state index contributed by atoms with van der Waals surface area (Å²) in [5, 5.41) is 11.8. The van der Waals surface area contributed by atoms with E-state index >= 15 is 0 Å². The molecule has 5 nitrogen and oxygen atoms in total. The summed E-state index contributed by atoms with van der Waals surface area (Å²) < 4.78 is 0. The van der Waals surface area contributed by atoms with Gasteiger partial charge in [-0.1, -0.05) is 19.3 Å². The van der Waals surface area contributed by atoms with Crippen LogP contribution in [-0.2, 0) is 4.79 Å². The predicted molar refractivity (Wildman–Crippen MR) is 76.6 cm³/mol. The van der Waals surface area contributed by atoms with E-state index < -0.39 is 5.97 Å². The van der Waals surface area contributed by atoms with E-state index in [1.54, 1.807) is 0 Å². The molecule has 0 aromatic rings. The average Bonchev–Trinajstić information content (AvgIpc) is 2.46. The number of nitrogens with one attached hydrogen (secondary N) is 1. The van der Waals surface area contributed by atoms with Gasteiger partial charge in [0, 0.05) is 25.6 Å². The second-order valence-electron chi connectivity index (χ2n) is 6.15. The fourth-order valence-electron chi connectivity index (χ4n) is 3.27. The van der Waals surface area contributed by atoms with E-state index in [1.807, 2.05) is 4.90 Å². The van der Waals surface area contributed by atoms with Crippen LogP contribution in [0, 0.1) is 5.92 Å². The summed E-state index contributed by atoms with van der Waals surface area (Å²) in [4.78, 5) is 24.6. The monoisotopic (exact) mass is 282 g/mol. The lowest BCUT2D eigenvalue weighted by molar-refractivity contribution is -0.137. The number of carboxylic acid groups (broad SMARTS) is 1. The summed E-state index contributed by atoms with van der Waals surface area (Å²) in [7, 11) is 0. The van der Waals surface area contributed by atoms with E-state index in [2.05, 4.69) is 5.32 Å². The summed E-state index contributed by atoms with van der Waals surface area (Å²) in [6, 6.07) is 0.439. The number of hydrogen-bond donors (Lipinski definition) is 2. The van der Waals surface area contributed by atoms with E-state index in [0.29, 0.717) is 12.0 Å². The topological polar surface area (TPSA) is 69.6 Å². The molecule has 114 valence electrons. The Morgan fingerprint density at radius 2 is 1.70 bits per heavy atom. The zero-order valence-corrected chi connectivity index (χ0v) is 12.1. The predicted octanol–water partition coefficient (Wildman–Crippen LogP) is 2.61. The second kappa shape index (κ2) is 7.50. The number of carbonyl (C=O) groups is 2. The van der Waals surface area contributed by atoms with E-state index in [1.165, 1.54) is 19.3 Å². The minimum absolute atomic E-state index is 0.0774. The van der Waals surface area contributed by atoms with Gasteiger partial charge in [-0.3, -0.25) is 4.79 Å². The van der Waals surface area contributed by atoms with E-state index in [-0.39, 0.29) is 12.5 Å². The molecular weight excluding hydrogens is 256 g/mol. The molecule has 0 atom stereocenters. The molecule has 1 aliphatic carbocycles. The zero-order chi connectivity index (χ0) is 14.4. The number of urea groups is 1. The first-order valence-electron chi connectivity index (χ1n) is 7.92. The molecule has 2 rings (SSSR count). The van der Waals surface area contributed by atoms with Gasteiger partial charge in [-0.2, -0.15) is 0 Å². The van der Waals surface area contributed by atoms with Crippen molar-refractivity contribution in [3.63, 3.8) is 0 Å². The van der Waals surface area contributed by atoms with E-state index in [0.717, 1.165) is 45.2 Å². The smallest absolute Gasteiger partial charge is 0.317 e. The number of likely N-dealkylation sites (tertiary alicyclic amines) is 1. The van der Waals surface area contributed by atoms with Gasteiger partial charge in [0.2, 0.25) is 0 Å². The normalized spacial score (nSPS) is 21.7. The molecule has 1 saturated heterocycles. The number of aliphatic carboxylic acids is 1. The number of amides is 2. The highest BCUT2D eigenvalue weighted by atomic mass is 16.4. The summed E-state index contributed by atoms with van der Waals surface area (Å²) in [5.74, 6) is -0.257. The second-order valence-corrected chi connectivity index (χ2v) is 6.15. The molecule has 2 N–H and O–H groups in total.